The molecule has 0 aliphatic rings. The monoisotopic (exact) mass is 651 g/mol. The zero-order valence-electron chi connectivity index (χ0n) is 27.5. The van der Waals surface area contributed by atoms with Gasteiger partial charge >= 0.3 is 0 Å². The topological polar surface area (TPSA) is 51.8 Å². The molecule has 0 saturated heterocycles. The smallest absolute Gasteiger partial charge is 0.164 e. The Kier molecular flexibility index (Phi) is 6.78. The maximum atomic E-state index is 6.21. The van der Waals surface area contributed by atoms with E-state index < -0.39 is 0 Å². The number of furan rings is 1. The molecule has 0 atom stereocenters. The predicted octanol–water partition coefficient (Wildman–Crippen LogP) is 12.4. The van der Waals surface area contributed by atoms with Gasteiger partial charge < -0.3 is 4.42 Å². The van der Waals surface area contributed by atoms with Crippen LogP contribution in [0.5, 0.6) is 0 Å². The van der Waals surface area contributed by atoms with Crippen molar-refractivity contribution in [2.45, 2.75) is 0 Å². The second-order valence-electron chi connectivity index (χ2n) is 12.8. The van der Waals surface area contributed by atoms with Gasteiger partial charge in [-0.15, -0.1) is 0 Å². The fraction of sp³-hybridized carbons (Fsp3) is 0. The average Bonchev–Trinajstić information content (AvgIpc) is 3.59. The Bertz CT molecular complexity index is 2900. The summed E-state index contributed by atoms with van der Waals surface area (Å²) in [6, 6.07) is 61.2. The lowest BCUT2D eigenvalue weighted by atomic mass is 9.92. The van der Waals surface area contributed by atoms with E-state index in [4.69, 9.17) is 19.4 Å². The largest absolute Gasteiger partial charge is 0.456 e. The van der Waals surface area contributed by atoms with Crippen LogP contribution >= 0.6 is 0 Å². The number of hydrogen-bond donors (Lipinski definition) is 0. The quantitative estimate of drug-likeness (QED) is 0.186. The van der Waals surface area contributed by atoms with Crippen molar-refractivity contribution in [3.63, 3.8) is 0 Å². The Morgan fingerprint density at radius 1 is 0.314 bits per heavy atom. The van der Waals surface area contributed by atoms with Crippen molar-refractivity contribution >= 4 is 43.5 Å². The normalized spacial score (nSPS) is 11.5. The fourth-order valence-electron chi connectivity index (χ4n) is 7.26. The third-order valence-corrected chi connectivity index (χ3v) is 9.75. The molecule has 0 bridgehead atoms. The van der Waals surface area contributed by atoms with Gasteiger partial charge in [-0.05, 0) is 62.0 Å². The van der Waals surface area contributed by atoms with Crippen LogP contribution in [-0.4, -0.2) is 15.0 Å². The van der Waals surface area contributed by atoms with Crippen molar-refractivity contribution < 1.29 is 4.42 Å². The van der Waals surface area contributed by atoms with Gasteiger partial charge in [-0.2, -0.15) is 0 Å². The first kappa shape index (κ1) is 29.0. The highest BCUT2D eigenvalue weighted by atomic mass is 16.3. The van der Waals surface area contributed by atoms with Crippen molar-refractivity contribution in [2.75, 3.05) is 0 Å². The van der Waals surface area contributed by atoms with E-state index in [0.717, 1.165) is 49.8 Å². The molecule has 8 aromatic carbocycles. The van der Waals surface area contributed by atoms with Crippen LogP contribution in [0.15, 0.2) is 180 Å². The lowest BCUT2D eigenvalue weighted by molar-refractivity contribution is 0.669. The highest BCUT2D eigenvalue weighted by Gasteiger charge is 2.18. The molecule has 51 heavy (non-hydrogen) atoms. The Morgan fingerprint density at radius 2 is 0.843 bits per heavy atom. The summed E-state index contributed by atoms with van der Waals surface area (Å²) in [4.78, 5) is 15.1. The number of hydrogen-bond acceptors (Lipinski definition) is 4. The fourth-order valence-corrected chi connectivity index (χ4v) is 7.26. The molecule has 10 aromatic rings. The van der Waals surface area contributed by atoms with E-state index in [1.807, 2.05) is 60.7 Å². The lowest BCUT2D eigenvalue weighted by Gasteiger charge is -2.12. The molecule has 0 fully saturated rings. The molecule has 0 N–H and O–H groups in total. The molecule has 0 spiro atoms. The van der Waals surface area contributed by atoms with Gasteiger partial charge in [0.25, 0.3) is 0 Å². The first-order chi connectivity index (χ1) is 25.3. The van der Waals surface area contributed by atoms with Crippen molar-refractivity contribution in [3.05, 3.63) is 176 Å². The van der Waals surface area contributed by atoms with Crippen LogP contribution in [0.3, 0.4) is 0 Å². The molecule has 0 saturated carbocycles. The molecule has 4 nitrogen and oxygen atoms in total. The third kappa shape index (κ3) is 5.04. The van der Waals surface area contributed by atoms with Gasteiger partial charge in [0, 0.05) is 27.5 Å². The van der Waals surface area contributed by atoms with Crippen molar-refractivity contribution in [1.82, 2.24) is 15.0 Å². The van der Waals surface area contributed by atoms with Crippen LogP contribution in [0.4, 0.5) is 0 Å². The number of benzene rings is 8. The number of nitrogens with zero attached hydrogens (tertiary/aromatic N) is 3. The highest BCUT2D eigenvalue weighted by Crippen LogP contribution is 2.38. The molecule has 238 valence electrons. The van der Waals surface area contributed by atoms with Gasteiger partial charge in [0.2, 0.25) is 0 Å². The SMILES string of the molecule is c1ccc(-c2nc(-c3ccc(-c4ccc5cccc(-c6cccc7ccccc67)c5c4)cc3)nc(-c3cccc4oc5ccccc5c34)n2)cc1. The summed E-state index contributed by atoms with van der Waals surface area (Å²) >= 11 is 0. The molecule has 0 aliphatic heterocycles. The van der Waals surface area contributed by atoms with Crippen molar-refractivity contribution in [2.24, 2.45) is 0 Å². The second-order valence-corrected chi connectivity index (χ2v) is 12.8. The predicted molar refractivity (Wildman–Crippen MR) is 209 cm³/mol. The molecule has 0 unspecified atom stereocenters. The molecular formula is C47H29N3O. The maximum Gasteiger partial charge on any atom is 0.164 e. The molecule has 0 aliphatic carbocycles. The summed E-state index contributed by atoms with van der Waals surface area (Å²) < 4.78 is 6.21. The molecule has 0 amide bonds. The van der Waals surface area contributed by atoms with E-state index >= 15 is 0 Å². The second kappa shape index (κ2) is 11.9. The van der Waals surface area contributed by atoms with Crippen LogP contribution in [0.1, 0.15) is 0 Å². The van der Waals surface area contributed by atoms with E-state index in [1.54, 1.807) is 0 Å². The summed E-state index contributed by atoms with van der Waals surface area (Å²) in [5.41, 5.74) is 9.16. The Balaban J connectivity index is 1.08. The van der Waals surface area contributed by atoms with Gasteiger partial charge in [0.05, 0.1) is 0 Å². The molecule has 2 aromatic heterocycles. The number of fused-ring (bicyclic) bond motifs is 5. The van der Waals surface area contributed by atoms with Gasteiger partial charge in [0.1, 0.15) is 11.2 Å². The van der Waals surface area contributed by atoms with Crippen molar-refractivity contribution in [1.29, 1.82) is 0 Å². The highest BCUT2D eigenvalue weighted by molar-refractivity contribution is 6.12. The summed E-state index contributed by atoms with van der Waals surface area (Å²) in [7, 11) is 0. The summed E-state index contributed by atoms with van der Waals surface area (Å²) in [6.45, 7) is 0. The summed E-state index contributed by atoms with van der Waals surface area (Å²) in [5.74, 6) is 1.85. The van der Waals surface area contributed by atoms with Crippen LogP contribution in [0, 0.1) is 0 Å². The minimum absolute atomic E-state index is 0.607. The van der Waals surface area contributed by atoms with Gasteiger partial charge in [-0.3, -0.25) is 0 Å². The van der Waals surface area contributed by atoms with Crippen LogP contribution in [0.2, 0.25) is 0 Å². The van der Waals surface area contributed by atoms with Crippen molar-refractivity contribution in [3.8, 4) is 56.4 Å². The minimum Gasteiger partial charge on any atom is -0.456 e. The lowest BCUT2D eigenvalue weighted by Crippen LogP contribution is -2.00. The average molecular weight is 652 g/mol. The maximum absolute atomic E-state index is 6.21. The first-order valence-electron chi connectivity index (χ1n) is 17.1. The molecule has 0 radical (unpaired) electrons. The van der Waals surface area contributed by atoms with Gasteiger partial charge in [-0.1, -0.05) is 158 Å². The van der Waals surface area contributed by atoms with Gasteiger partial charge in [0.15, 0.2) is 17.5 Å². The number of aromatic nitrogens is 3. The zero-order chi connectivity index (χ0) is 33.7. The summed E-state index contributed by atoms with van der Waals surface area (Å²) in [5, 5.41) is 6.98. The number of para-hydroxylation sites is 1. The van der Waals surface area contributed by atoms with E-state index in [-0.39, 0.29) is 0 Å². The zero-order valence-corrected chi connectivity index (χ0v) is 27.5. The van der Waals surface area contributed by atoms with E-state index in [0.29, 0.717) is 17.5 Å². The minimum atomic E-state index is 0.607. The Labute approximate surface area is 294 Å². The third-order valence-electron chi connectivity index (χ3n) is 9.75. The van der Waals surface area contributed by atoms with Crippen LogP contribution in [-0.2, 0) is 0 Å². The Hall–Kier alpha value is -6.91. The van der Waals surface area contributed by atoms with E-state index in [2.05, 4.69) is 115 Å². The molecular weight excluding hydrogens is 623 g/mol. The summed E-state index contributed by atoms with van der Waals surface area (Å²) in [6.07, 6.45) is 0. The molecule has 4 heteroatoms. The first-order valence-corrected chi connectivity index (χ1v) is 17.1. The number of rotatable bonds is 5. The van der Waals surface area contributed by atoms with E-state index in [9.17, 15) is 0 Å². The Morgan fingerprint density at radius 3 is 1.65 bits per heavy atom. The van der Waals surface area contributed by atoms with E-state index in [1.165, 1.54) is 32.7 Å². The van der Waals surface area contributed by atoms with Gasteiger partial charge in [-0.25, -0.2) is 15.0 Å². The van der Waals surface area contributed by atoms with Crippen LogP contribution in [0.25, 0.3) is 99.9 Å². The molecule has 10 rings (SSSR count). The standard InChI is InChI=1S/C47H29N3O/c1-2-12-33(13-3-1)45-48-46(50-47(49-45)40-20-10-22-43-44(40)39-17-6-7-21-42(39)51-43)34-26-23-30(24-27-34)35-28-25-32-15-9-19-38(41(32)29-35)37-18-8-14-31-11-4-5-16-36(31)37/h1-29H. The molecule has 2 heterocycles. The van der Waals surface area contributed by atoms with Crippen LogP contribution < -0.4 is 0 Å².